The number of ketones is 1. The topological polar surface area (TPSA) is 73.4 Å². The van der Waals surface area contributed by atoms with E-state index in [1.807, 2.05) is 13.0 Å². The highest BCUT2D eigenvalue weighted by atomic mass is 35.5. The first-order chi connectivity index (χ1) is 13.2. The fourth-order valence-corrected chi connectivity index (χ4v) is 4.78. The lowest BCUT2D eigenvalue weighted by Crippen LogP contribution is -2.45. The lowest BCUT2D eigenvalue weighted by molar-refractivity contribution is -0.141. The average Bonchev–Trinajstić information content (AvgIpc) is 3.17. The molecule has 0 aromatic carbocycles. The maximum absolute atomic E-state index is 13.4. The van der Waals surface area contributed by atoms with Crippen LogP contribution in [0, 0.1) is 23.7 Å². The molecule has 7 heteroatoms. The second-order valence-electron chi connectivity index (χ2n) is 8.10. The van der Waals surface area contributed by atoms with E-state index in [-0.39, 0.29) is 28.8 Å². The van der Waals surface area contributed by atoms with E-state index in [4.69, 9.17) is 23.2 Å². The number of carboxylic acids is 1. The molecule has 1 saturated heterocycles. The van der Waals surface area contributed by atoms with E-state index in [9.17, 15) is 14.7 Å². The van der Waals surface area contributed by atoms with Gasteiger partial charge in [0, 0.05) is 18.5 Å². The Balaban J connectivity index is 1.93. The molecule has 1 fully saturated rings. The fraction of sp³-hybridized carbons (Fsp3) is 0.524. The quantitative estimate of drug-likeness (QED) is 0.495. The molecule has 1 aromatic heterocycles. The van der Waals surface area contributed by atoms with E-state index >= 15 is 0 Å². The van der Waals surface area contributed by atoms with Gasteiger partial charge in [0.2, 0.25) is 0 Å². The summed E-state index contributed by atoms with van der Waals surface area (Å²) in [6.07, 6.45) is 7.69. The molecule has 5 atom stereocenters. The second-order valence-corrected chi connectivity index (χ2v) is 8.89. The molecule has 1 aromatic rings. The number of carbonyl (C=O) groups excluding carboxylic acids is 1. The monoisotopic (exact) mass is 424 g/mol. The third-order valence-corrected chi connectivity index (χ3v) is 6.60. The first kappa shape index (κ1) is 21.0. The van der Waals surface area contributed by atoms with Gasteiger partial charge < -0.3 is 15.0 Å². The Morgan fingerprint density at radius 1 is 1.43 bits per heavy atom. The van der Waals surface area contributed by atoms with E-state index < -0.39 is 11.9 Å². The molecule has 0 bridgehead atoms. The minimum atomic E-state index is -0.814. The van der Waals surface area contributed by atoms with Crippen molar-refractivity contribution < 1.29 is 14.7 Å². The number of hydrogen-bond donors (Lipinski definition) is 2. The Labute approximate surface area is 175 Å². The predicted molar refractivity (Wildman–Crippen MR) is 111 cm³/mol. The van der Waals surface area contributed by atoms with Gasteiger partial charge in [-0.25, -0.2) is 0 Å². The number of aliphatic carboxylic acids is 1. The first-order valence-corrected chi connectivity index (χ1v) is 10.4. The average molecular weight is 425 g/mol. The summed E-state index contributed by atoms with van der Waals surface area (Å²) in [5.41, 5.74) is 1.40. The lowest BCUT2D eigenvalue weighted by Gasteiger charge is -2.39. The highest BCUT2D eigenvalue weighted by Gasteiger charge is 2.45. The van der Waals surface area contributed by atoms with E-state index in [1.165, 1.54) is 0 Å². The third-order valence-electron chi connectivity index (χ3n) is 5.91. The first-order valence-electron chi connectivity index (χ1n) is 9.61. The summed E-state index contributed by atoms with van der Waals surface area (Å²) in [4.78, 5) is 29.8. The van der Waals surface area contributed by atoms with Crippen LogP contribution in [0.5, 0.6) is 0 Å². The number of H-pyrrole nitrogens is 1. The van der Waals surface area contributed by atoms with Crippen LogP contribution in [0.3, 0.4) is 0 Å². The van der Waals surface area contributed by atoms with Crippen LogP contribution in [0.15, 0.2) is 30.0 Å². The van der Waals surface area contributed by atoms with E-state index in [0.29, 0.717) is 23.1 Å². The van der Waals surface area contributed by atoms with Crippen molar-refractivity contribution in [2.75, 3.05) is 6.54 Å². The molecular weight excluding hydrogens is 399 g/mol. The Morgan fingerprint density at radius 3 is 2.75 bits per heavy atom. The zero-order chi connectivity index (χ0) is 20.6. The van der Waals surface area contributed by atoms with Crippen molar-refractivity contribution in [3.63, 3.8) is 0 Å². The Bertz CT molecular complexity index is 810. The predicted octanol–water partition coefficient (Wildman–Crippen LogP) is 5.03. The van der Waals surface area contributed by atoms with Crippen molar-refractivity contribution in [2.24, 2.45) is 23.7 Å². The second kappa shape index (κ2) is 8.34. The number of carboxylic acid groups (broad SMARTS) is 1. The summed E-state index contributed by atoms with van der Waals surface area (Å²) in [6.45, 7) is 6.74. The largest absolute Gasteiger partial charge is 0.481 e. The van der Waals surface area contributed by atoms with Crippen molar-refractivity contribution in [2.45, 2.75) is 39.7 Å². The third kappa shape index (κ3) is 4.15. The molecule has 5 nitrogen and oxygen atoms in total. The number of halogens is 2. The fourth-order valence-electron chi connectivity index (χ4n) is 4.46. The molecule has 3 rings (SSSR count). The maximum Gasteiger partial charge on any atom is 0.306 e. The van der Waals surface area contributed by atoms with Crippen molar-refractivity contribution in [3.05, 3.63) is 45.9 Å². The molecule has 2 aliphatic rings. The van der Waals surface area contributed by atoms with Crippen LogP contribution in [0.4, 0.5) is 0 Å². The summed E-state index contributed by atoms with van der Waals surface area (Å²) in [6, 6.07) is 1.69. The van der Waals surface area contributed by atoms with Crippen molar-refractivity contribution >= 4 is 35.0 Å². The number of hydrogen-bond acceptors (Lipinski definition) is 3. The van der Waals surface area contributed by atoms with Crippen LogP contribution in [-0.4, -0.2) is 39.3 Å². The maximum atomic E-state index is 13.4. The molecule has 0 aliphatic carbocycles. The Hall–Kier alpha value is -1.72. The van der Waals surface area contributed by atoms with Crippen molar-refractivity contribution in [1.82, 2.24) is 9.88 Å². The van der Waals surface area contributed by atoms with Gasteiger partial charge in [0.25, 0.3) is 0 Å². The van der Waals surface area contributed by atoms with Crippen molar-refractivity contribution in [3.8, 4) is 0 Å². The molecule has 0 spiro atoms. The van der Waals surface area contributed by atoms with E-state index in [1.54, 1.807) is 13.0 Å². The number of nitrogens with one attached hydrogen (secondary N) is 1. The van der Waals surface area contributed by atoms with Gasteiger partial charge in [0.15, 0.2) is 5.78 Å². The SMILES string of the molecule is C/C(=C\C1C=CN2CCC(C)C2C1C(=O)c1cc(Cl)c(Cl)[nH]1)CC(C)C(=O)O. The number of allylic oxidation sites excluding steroid dienone is 3. The highest BCUT2D eigenvalue weighted by molar-refractivity contribution is 6.41. The van der Waals surface area contributed by atoms with E-state index in [0.717, 1.165) is 18.5 Å². The van der Waals surface area contributed by atoms with Gasteiger partial charge in [0.05, 0.1) is 22.6 Å². The smallest absolute Gasteiger partial charge is 0.306 e. The molecule has 152 valence electrons. The molecule has 2 N–H and O–H groups in total. The van der Waals surface area contributed by atoms with Crippen LogP contribution < -0.4 is 0 Å². The zero-order valence-corrected chi connectivity index (χ0v) is 17.8. The van der Waals surface area contributed by atoms with Gasteiger partial charge in [-0.05, 0) is 37.9 Å². The summed E-state index contributed by atoms with van der Waals surface area (Å²) < 4.78 is 0. The normalized spacial score (nSPS) is 28.3. The molecule has 0 radical (unpaired) electrons. The lowest BCUT2D eigenvalue weighted by atomic mass is 9.75. The van der Waals surface area contributed by atoms with Gasteiger partial charge in [-0.15, -0.1) is 0 Å². The number of aromatic amines is 1. The van der Waals surface area contributed by atoms with E-state index in [2.05, 4.69) is 29.1 Å². The molecule has 5 unspecified atom stereocenters. The number of nitrogens with zero attached hydrogens (tertiary/aromatic N) is 1. The van der Waals surface area contributed by atoms with Gasteiger partial charge in [-0.2, -0.15) is 0 Å². The van der Waals surface area contributed by atoms with Gasteiger partial charge in [0.1, 0.15) is 5.15 Å². The highest BCUT2D eigenvalue weighted by Crippen LogP contribution is 2.40. The number of aromatic nitrogens is 1. The van der Waals surface area contributed by atoms with Crippen LogP contribution in [0.25, 0.3) is 0 Å². The minimum absolute atomic E-state index is 0.0118. The number of Topliss-reactive ketones (excluding diaryl/α,β-unsaturated/α-hetero) is 1. The summed E-state index contributed by atoms with van der Waals surface area (Å²) >= 11 is 12.1. The van der Waals surface area contributed by atoms with Gasteiger partial charge in [-0.1, -0.05) is 54.8 Å². The molecular formula is C21H26Cl2N2O3. The Morgan fingerprint density at radius 2 is 2.14 bits per heavy atom. The Kier molecular flexibility index (Phi) is 6.25. The minimum Gasteiger partial charge on any atom is -0.481 e. The van der Waals surface area contributed by atoms with Crippen LogP contribution in [0.1, 0.15) is 44.1 Å². The standard InChI is InChI=1S/C21H26Cl2N2O3/c1-11(8-13(3)21(27)28)9-14-5-7-25-6-4-12(2)18(25)17(14)19(26)16-10-15(22)20(23)24-16/h5,7,9-10,12-14,17-18,24H,4,6,8H2,1-3H3,(H,27,28)/b11-9+. The van der Waals surface area contributed by atoms with Crippen molar-refractivity contribution in [1.29, 1.82) is 0 Å². The summed E-state index contributed by atoms with van der Waals surface area (Å²) in [5, 5.41) is 9.79. The molecule has 0 saturated carbocycles. The molecule has 0 amide bonds. The van der Waals surface area contributed by atoms with Crippen LogP contribution >= 0.6 is 23.2 Å². The number of fused-ring (bicyclic) bond motifs is 1. The van der Waals surface area contributed by atoms with Crippen LogP contribution in [-0.2, 0) is 4.79 Å². The molecule has 2 aliphatic heterocycles. The van der Waals surface area contributed by atoms with Crippen LogP contribution in [0.2, 0.25) is 10.2 Å². The zero-order valence-electron chi connectivity index (χ0n) is 16.3. The molecule has 28 heavy (non-hydrogen) atoms. The molecule has 3 heterocycles. The van der Waals surface area contributed by atoms with Gasteiger partial charge in [-0.3, -0.25) is 9.59 Å². The summed E-state index contributed by atoms with van der Waals surface area (Å²) in [5.74, 6) is -1.28. The summed E-state index contributed by atoms with van der Waals surface area (Å²) in [7, 11) is 0. The number of carbonyl (C=O) groups is 2. The number of rotatable bonds is 6. The van der Waals surface area contributed by atoms with Gasteiger partial charge >= 0.3 is 5.97 Å².